The van der Waals surface area contributed by atoms with E-state index in [0.717, 1.165) is 19.6 Å². The first-order valence-electron chi connectivity index (χ1n) is 5.76. The minimum atomic E-state index is -0.265. The van der Waals surface area contributed by atoms with E-state index in [4.69, 9.17) is 11.6 Å². The van der Waals surface area contributed by atoms with Crippen LogP contribution in [0.2, 0.25) is 5.02 Å². The lowest BCUT2D eigenvalue weighted by atomic mass is 10.2. The third kappa shape index (κ3) is 3.56. The van der Waals surface area contributed by atoms with E-state index in [1.54, 1.807) is 12.1 Å². The summed E-state index contributed by atoms with van der Waals surface area (Å²) in [6, 6.07) is 4.88. The van der Waals surface area contributed by atoms with Gasteiger partial charge in [-0.15, -0.1) is 0 Å². The number of nitrogens with zero attached hydrogens (tertiary/aromatic N) is 1. The van der Waals surface area contributed by atoms with Crippen molar-refractivity contribution < 1.29 is 4.39 Å². The monoisotopic (exact) mass is 257 g/mol. The zero-order valence-corrected chi connectivity index (χ0v) is 10.6. The first kappa shape index (κ1) is 12.6. The molecule has 1 atom stereocenters. The van der Waals surface area contributed by atoms with Gasteiger partial charge in [-0.3, -0.25) is 0 Å². The zero-order chi connectivity index (χ0) is 12.3. The highest BCUT2D eigenvalue weighted by molar-refractivity contribution is 6.30. The number of hydrogen-bond donors (Lipinski definition) is 2. The zero-order valence-electron chi connectivity index (χ0n) is 9.84. The predicted octanol–water partition coefficient (Wildman–Crippen LogP) is 1.79. The summed E-state index contributed by atoms with van der Waals surface area (Å²) in [7, 11) is 2.09. The molecule has 5 heteroatoms. The highest BCUT2D eigenvalue weighted by Crippen LogP contribution is 2.19. The molecule has 1 heterocycles. The number of likely N-dealkylation sites (N-methyl/N-ethyl adjacent to an activating group) is 1. The second-order valence-electron chi connectivity index (χ2n) is 4.42. The Labute approximate surface area is 106 Å². The van der Waals surface area contributed by atoms with Gasteiger partial charge >= 0.3 is 0 Å². The Bertz CT molecular complexity index is 386. The van der Waals surface area contributed by atoms with Crippen molar-refractivity contribution in [3.63, 3.8) is 0 Å². The molecule has 1 unspecified atom stereocenters. The summed E-state index contributed by atoms with van der Waals surface area (Å²) in [5.74, 6) is -0.265. The normalized spacial score (nSPS) is 21.5. The standard InChI is InChI=1S/C12H17ClFN3/c1-17-5-4-15-10(8-17)7-16-12-6-9(13)2-3-11(12)14/h2-3,6,10,15-16H,4-5,7-8H2,1H3. The summed E-state index contributed by atoms with van der Waals surface area (Å²) in [6.07, 6.45) is 0. The molecule has 1 aromatic rings. The average molecular weight is 258 g/mol. The van der Waals surface area contributed by atoms with E-state index in [-0.39, 0.29) is 5.82 Å². The van der Waals surface area contributed by atoms with E-state index < -0.39 is 0 Å². The fraction of sp³-hybridized carbons (Fsp3) is 0.500. The number of benzene rings is 1. The SMILES string of the molecule is CN1CCNC(CNc2cc(Cl)ccc2F)C1. The lowest BCUT2D eigenvalue weighted by Gasteiger charge is -2.31. The number of rotatable bonds is 3. The van der Waals surface area contributed by atoms with E-state index in [9.17, 15) is 4.39 Å². The molecule has 1 aromatic carbocycles. The van der Waals surface area contributed by atoms with Crippen LogP contribution in [0.5, 0.6) is 0 Å². The summed E-state index contributed by atoms with van der Waals surface area (Å²) < 4.78 is 13.4. The maximum atomic E-state index is 13.4. The third-order valence-electron chi connectivity index (χ3n) is 2.93. The Morgan fingerprint density at radius 1 is 1.59 bits per heavy atom. The van der Waals surface area contributed by atoms with Crippen LogP contribution in [-0.2, 0) is 0 Å². The second kappa shape index (κ2) is 5.67. The largest absolute Gasteiger partial charge is 0.381 e. The molecule has 0 bridgehead atoms. The van der Waals surface area contributed by atoms with Crippen LogP contribution in [0.4, 0.5) is 10.1 Å². The molecular weight excluding hydrogens is 241 g/mol. The fourth-order valence-corrected chi connectivity index (χ4v) is 2.17. The molecule has 1 aliphatic rings. The molecule has 94 valence electrons. The molecule has 3 nitrogen and oxygen atoms in total. The van der Waals surface area contributed by atoms with Crippen molar-refractivity contribution in [3.05, 3.63) is 29.0 Å². The quantitative estimate of drug-likeness (QED) is 0.865. The van der Waals surface area contributed by atoms with Gasteiger partial charge in [-0.25, -0.2) is 4.39 Å². The minimum absolute atomic E-state index is 0.265. The van der Waals surface area contributed by atoms with Gasteiger partial charge in [0.25, 0.3) is 0 Å². The van der Waals surface area contributed by atoms with Gasteiger partial charge in [0.05, 0.1) is 5.69 Å². The summed E-state index contributed by atoms with van der Waals surface area (Å²) in [6.45, 7) is 3.69. The van der Waals surface area contributed by atoms with Crippen LogP contribution >= 0.6 is 11.6 Å². The van der Waals surface area contributed by atoms with Crippen molar-refractivity contribution in [2.75, 3.05) is 38.5 Å². The van der Waals surface area contributed by atoms with Gasteiger partial charge in [0.15, 0.2) is 0 Å². The van der Waals surface area contributed by atoms with Gasteiger partial charge < -0.3 is 15.5 Å². The van der Waals surface area contributed by atoms with Crippen molar-refractivity contribution in [1.29, 1.82) is 0 Å². The first-order valence-corrected chi connectivity index (χ1v) is 6.14. The van der Waals surface area contributed by atoms with Crippen LogP contribution in [-0.4, -0.2) is 44.2 Å². The van der Waals surface area contributed by atoms with Crippen LogP contribution in [0.1, 0.15) is 0 Å². The Morgan fingerprint density at radius 2 is 2.41 bits per heavy atom. The number of anilines is 1. The fourth-order valence-electron chi connectivity index (χ4n) is 1.99. The van der Waals surface area contributed by atoms with Crippen molar-refractivity contribution in [2.45, 2.75) is 6.04 Å². The van der Waals surface area contributed by atoms with Gasteiger partial charge in [-0.2, -0.15) is 0 Å². The highest BCUT2D eigenvalue weighted by atomic mass is 35.5. The van der Waals surface area contributed by atoms with Crippen LogP contribution in [0.15, 0.2) is 18.2 Å². The molecule has 2 rings (SSSR count). The van der Waals surface area contributed by atoms with E-state index >= 15 is 0 Å². The van der Waals surface area contributed by atoms with Gasteiger partial charge in [0.2, 0.25) is 0 Å². The minimum Gasteiger partial charge on any atom is -0.381 e. The predicted molar refractivity (Wildman–Crippen MR) is 69.2 cm³/mol. The van der Waals surface area contributed by atoms with Crippen LogP contribution < -0.4 is 10.6 Å². The summed E-state index contributed by atoms with van der Waals surface area (Å²) in [5, 5.41) is 7.03. The van der Waals surface area contributed by atoms with E-state index in [1.807, 2.05) is 0 Å². The number of halogens is 2. The average Bonchev–Trinajstić information content (AvgIpc) is 2.30. The Kier molecular flexibility index (Phi) is 4.20. The van der Waals surface area contributed by atoms with Gasteiger partial charge in [-0.1, -0.05) is 11.6 Å². The van der Waals surface area contributed by atoms with Crippen LogP contribution in [0, 0.1) is 5.82 Å². The molecule has 0 amide bonds. The molecule has 17 heavy (non-hydrogen) atoms. The van der Waals surface area contributed by atoms with Gasteiger partial charge in [0, 0.05) is 37.2 Å². The van der Waals surface area contributed by atoms with Gasteiger partial charge in [0.1, 0.15) is 5.82 Å². The smallest absolute Gasteiger partial charge is 0.146 e. The topological polar surface area (TPSA) is 27.3 Å². The Hall–Kier alpha value is -0.840. The van der Waals surface area contributed by atoms with Crippen LogP contribution in [0.25, 0.3) is 0 Å². The summed E-state index contributed by atoms with van der Waals surface area (Å²) >= 11 is 5.83. The molecular formula is C12H17ClFN3. The van der Waals surface area contributed by atoms with E-state index in [0.29, 0.717) is 23.3 Å². The third-order valence-corrected chi connectivity index (χ3v) is 3.16. The van der Waals surface area contributed by atoms with Crippen LogP contribution in [0.3, 0.4) is 0 Å². The molecule has 2 N–H and O–H groups in total. The highest BCUT2D eigenvalue weighted by Gasteiger charge is 2.16. The molecule has 1 saturated heterocycles. The molecule has 0 aliphatic carbocycles. The molecule has 0 spiro atoms. The van der Waals surface area contributed by atoms with Crippen molar-refractivity contribution >= 4 is 17.3 Å². The number of piperazine rings is 1. The summed E-state index contributed by atoms with van der Waals surface area (Å²) in [5.41, 5.74) is 0.465. The molecule has 0 radical (unpaired) electrons. The Morgan fingerprint density at radius 3 is 3.18 bits per heavy atom. The molecule has 1 fully saturated rings. The lowest BCUT2D eigenvalue weighted by Crippen LogP contribution is -2.51. The summed E-state index contributed by atoms with van der Waals surface area (Å²) in [4.78, 5) is 2.26. The van der Waals surface area contributed by atoms with Crippen molar-refractivity contribution in [3.8, 4) is 0 Å². The maximum absolute atomic E-state index is 13.4. The van der Waals surface area contributed by atoms with Gasteiger partial charge in [-0.05, 0) is 25.2 Å². The molecule has 0 saturated carbocycles. The molecule has 0 aromatic heterocycles. The lowest BCUT2D eigenvalue weighted by molar-refractivity contribution is 0.244. The van der Waals surface area contributed by atoms with Crippen molar-refractivity contribution in [2.24, 2.45) is 0 Å². The Balaban J connectivity index is 1.90. The van der Waals surface area contributed by atoms with Crippen molar-refractivity contribution in [1.82, 2.24) is 10.2 Å². The maximum Gasteiger partial charge on any atom is 0.146 e. The number of hydrogen-bond acceptors (Lipinski definition) is 3. The molecule has 1 aliphatic heterocycles. The number of nitrogens with one attached hydrogen (secondary N) is 2. The first-order chi connectivity index (χ1) is 8.15. The van der Waals surface area contributed by atoms with E-state index in [1.165, 1.54) is 6.07 Å². The second-order valence-corrected chi connectivity index (χ2v) is 4.85. The van der Waals surface area contributed by atoms with E-state index in [2.05, 4.69) is 22.6 Å².